The number of amides is 2. The van der Waals surface area contributed by atoms with Gasteiger partial charge in [-0.2, -0.15) is 0 Å². The molecule has 0 spiro atoms. The average Bonchev–Trinajstić information content (AvgIpc) is 2.83. The predicted molar refractivity (Wildman–Crippen MR) is 128 cm³/mol. The zero-order valence-electron chi connectivity index (χ0n) is 18.9. The molecule has 0 bridgehead atoms. The fourth-order valence-electron chi connectivity index (χ4n) is 3.75. The van der Waals surface area contributed by atoms with Crippen LogP contribution in [0.1, 0.15) is 38.7 Å². The van der Waals surface area contributed by atoms with Crippen LogP contribution >= 0.6 is 0 Å². The van der Waals surface area contributed by atoms with Crippen LogP contribution in [0.5, 0.6) is 5.75 Å². The lowest BCUT2D eigenvalue weighted by Crippen LogP contribution is -2.50. The van der Waals surface area contributed by atoms with Gasteiger partial charge in [0.2, 0.25) is 5.91 Å². The molecule has 0 aliphatic rings. The van der Waals surface area contributed by atoms with Crippen LogP contribution in [0.3, 0.4) is 0 Å². The molecule has 0 aromatic heterocycles. The molecule has 1 atom stereocenters. The Kier molecular flexibility index (Phi) is 8.67. The summed E-state index contributed by atoms with van der Waals surface area (Å²) >= 11 is 0. The van der Waals surface area contributed by atoms with Gasteiger partial charge in [0, 0.05) is 18.5 Å². The third-order valence-electron chi connectivity index (χ3n) is 5.51. The Hall–Kier alpha value is -3.34. The minimum absolute atomic E-state index is 0.115. The lowest BCUT2D eigenvalue weighted by atomic mass is 10.1. The molecule has 0 radical (unpaired) electrons. The lowest BCUT2D eigenvalue weighted by Gasteiger charge is -2.30. The van der Waals surface area contributed by atoms with Crippen LogP contribution in [0.2, 0.25) is 0 Å². The summed E-state index contributed by atoms with van der Waals surface area (Å²) in [5.74, 6) is 0.339. The van der Waals surface area contributed by atoms with Gasteiger partial charge in [-0.15, -0.1) is 0 Å². The molecule has 0 saturated carbocycles. The van der Waals surface area contributed by atoms with Crippen LogP contribution < -0.4 is 10.1 Å². The van der Waals surface area contributed by atoms with Crippen LogP contribution in [-0.2, 0) is 16.1 Å². The van der Waals surface area contributed by atoms with E-state index in [-0.39, 0.29) is 18.4 Å². The first-order valence-electron chi connectivity index (χ1n) is 11.4. The van der Waals surface area contributed by atoms with Crippen molar-refractivity contribution in [3.05, 3.63) is 78.4 Å². The maximum absolute atomic E-state index is 13.3. The Morgan fingerprint density at radius 3 is 2.41 bits per heavy atom. The van der Waals surface area contributed by atoms with E-state index in [1.165, 1.54) is 0 Å². The predicted octanol–water partition coefficient (Wildman–Crippen LogP) is 4.94. The van der Waals surface area contributed by atoms with Crippen molar-refractivity contribution in [2.24, 2.45) is 0 Å². The van der Waals surface area contributed by atoms with Crippen molar-refractivity contribution >= 4 is 22.6 Å². The third-order valence-corrected chi connectivity index (χ3v) is 5.51. The summed E-state index contributed by atoms with van der Waals surface area (Å²) in [5.41, 5.74) is 0.978. The van der Waals surface area contributed by atoms with Gasteiger partial charge in [-0.05, 0) is 29.9 Å². The molecule has 3 aromatic carbocycles. The minimum atomic E-state index is -0.546. The highest BCUT2D eigenvalue weighted by atomic mass is 16.5. The molecule has 0 heterocycles. The summed E-state index contributed by atoms with van der Waals surface area (Å²) in [6, 6.07) is 22.9. The summed E-state index contributed by atoms with van der Waals surface area (Å²) in [4.78, 5) is 27.8. The molecular formula is C27H32N2O3. The first-order valence-corrected chi connectivity index (χ1v) is 11.4. The Balaban J connectivity index is 1.78. The summed E-state index contributed by atoms with van der Waals surface area (Å²) in [6.07, 6.45) is 2.45. The number of benzene rings is 3. The molecule has 0 saturated heterocycles. The van der Waals surface area contributed by atoms with E-state index in [9.17, 15) is 9.59 Å². The van der Waals surface area contributed by atoms with Crippen LogP contribution in [0.4, 0.5) is 0 Å². The molecule has 1 N–H and O–H groups in total. The number of ether oxygens (including phenoxy) is 1. The van der Waals surface area contributed by atoms with Crippen LogP contribution in [0, 0.1) is 0 Å². The van der Waals surface area contributed by atoms with E-state index in [0.29, 0.717) is 25.3 Å². The number of hydrogen-bond donors (Lipinski definition) is 1. The molecule has 0 unspecified atom stereocenters. The molecule has 3 rings (SSSR count). The highest BCUT2D eigenvalue weighted by Crippen LogP contribution is 2.25. The zero-order valence-corrected chi connectivity index (χ0v) is 18.9. The number of hydrogen-bond acceptors (Lipinski definition) is 3. The zero-order chi connectivity index (χ0) is 22.8. The average molecular weight is 433 g/mol. The number of nitrogens with zero attached hydrogens (tertiary/aromatic N) is 1. The molecule has 3 aromatic rings. The van der Waals surface area contributed by atoms with Crippen molar-refractivity contribution in [3.8, 4) is 5.75 Å². The smallest absolute Gasteiger partial charge is 0.261 e. The van der Waals surface area contributed by atoms with E-state index < -0.39 is 6.04 Å². The molecule has 168 valence electrons. The largest absolute Gasteiger partial charge is 0.483 e. The maximum Gasteiger partial charge on any atom is 0.261 e. The summed E-state index contributed by atoms with van der Waals surface area (Å²) in [5, 5.41) is 5.00. The van der Waals surface area contributed by atoms with Gasteiger partial charge in [0.05, 0.1) is 0 Å². The first-order chi connectivity index (χ1) is 15.6. The molecule has 0 aliphatic heterocycles. The first kappa shape index (κ1) is 23.3. The van der Waals surface area contributed by atoms with Crippen molar-refractivity contribution < 1.29 is 14.3 Å². The van der Waals surface area contributed by atoms with Crippen molar-refractivity contribution in [2.45, 2.75) is 45.7 Å². The molecule has 0 fully saturated rings. The fourth-order valence-corrected chi connectivity index (χ4v) is 3.75. The molecule has 5 nitrogen and oxygen atoms in total. The van der Waals surface area contributed by atoms with Gasteiger partial charge in [-0.25, -0.2) is 0 Å². The van der Waals surface area contributed by atoms with E-state index in [4.69, 9.17) is 4.74 Å². The van der Waals surface area contributed by atoms with E-state index in [1.54, 1.807) is 4.90 Å². The SMILES string of the molecule is CCCCNC(=O)[C@H](CC)N(Cc1ccccc1)C(=O)COc1cccc2ccccc12. The van der Waals surface area contributed by atoms with Crippen LogP contribution in [-0.4, -0.2) is 35.9 Å². The number of fused-ring (bicyclic) bond motifs is 1. The minimum Gasteiger partial charge on any atom is -0.483 e. The second-order valence-electron chi connectivity index (χ2n) is 7.84. The van der Waals surface area contributed by atoms with Crippen molar-refractivity contribution in [3.63, 3.8) is 0 Å². The highest BCUT2D eigenvalue weighted by molar-refractivity contribution is 5.90. The maximum atomic E-state index is 13.3. The van der Waals surface area contributed by atoms with E-state index in [0.717, 1.165) is 29.2 Å². The van der Waals surface area contributed by atoms with E-state index in [1.807, 2.05) is 79.7 Å². The van der Waals surface area contributed by atoms with Gasteiger partial charge < -0.3 is 15.0 Å². The Bertz CT molecular complexity index is 1010. The van der Waals surface area contributed by atoms with Gasteiger partial charge >= 0.3 is 0 Å². The summed E-state index contributed by atoms with van der Waals surface area (Å²) < 4.78 is 5.95. The lowest BCUT2D eigenvalue weighted by molar-refractivity contribution is -0.142. The number of rotatable bonds is 11. The van der Waals surface area contributed by atoms with Gasteiger partial charge in [0.25, 0.3) is 5.91 Å². The second kappa shape index (κ2) is 11.9. The Morgan fingerprint density at radius 2 is 1.66 bits per heavy atom. The van der Waals surface area contributed by atoms with Crippen molar-refractivity contribution in [2.75, 3.05) is 13.2 Å². The molecule has 2 amide bonds. The van der Waals surface area contributed by atoms with Crippen LogP contribution in [0.15, 0.2) is 72.8 Å². The molecule has 32 heavy (non-hydrogen) atoms. The fraction of sp³-hybridized carbons (Fsp3) is 0.333. The normalized spacial score (nSPS) is 11.7. The van der Waals surface area contributed by atoms with Gasteiger partial charge in [0.15, 0.2) is 6.61 Å². The number of carbonyl (C=O) groups excluding carboxylic acids is 2. The van der Waals surface area contributed by atoms with Crippen molar-refractivity contribution in [1.29, 1.82) is 0 Å². The van der Waals surface area contributed by atoms with Crippen LogP contribution in [0.25, 0.3) is 10.8 Å². The summed E-state index contributed by atoms with van der Waals surface area (Å²) in [6.45, 7) is 4.86. The quantitative estimate of drug-likeness (QED) is 0.437. The third kappa shape index (κ3) is 6.10. The Labute approximate surface area is 190 Å². The van der Waals surface area contributed by atoms with Gasteiger partial charge in [-0.3, -0.25) is 9.59 Å². The standard InChI is InChI=1S/C27H32N2O3/c1-3-5-18-28-27(31)24(4-2)29(19-21-12-7-6-8-13-21)26(30)20-32-25-17-11-15-22-14-9-10-16-23(22)25/h6-17,24H,3-5,18-20H2,1-2H3,(H,28,31)/t24-/m0/s1. The Morgan fingerprint density at radius 1 is 0.938 bits per heavy atom. The highest BCUT2D eigenvalue weighted by Gasteiger charge is 2.28. The van der Waals surface area contributed by atoms with Crippen molar-refractivity contribution in [1.82, 2.24) is 10.2 Å². The van der Waals surface area contributed by atoms with E-state index >= 15 is 0 Å². The molecule has 5 heteroatoms. The number of unbranched alkanes of at least 4 members (excludes halogenated alkanes) is 1. The molecular weight excluding hydrogens is 400 g/mol. The molecule has 0 aliphatic carbocycles. The number of carbonyl (C=O) groups is 2. The van der Waals surface area contributed by atoms with Gasteiger partial charge in [-0.1, -0.05) is 87.0 Å². The second-order valence-corrected chi connectivity index (χ2v) is 7.84. The van der Waals surface area contributed by atoms with Gasteiger partial charge in [0.1, 0.15) is 11.8 Å². The van der Waals surface area contributed by atoms with E-state index in [2.05, 4.69) is 12.2 Å². The monoisotopic (exact) mass is 432 g/mol. The number of nitrogens with one attached hydrogen (secondary N) is 1. The topological polar surface area (TPSA) is 58.6 Å². The summed E-state index contributed by atoms with van der Waals surface area (Å²) in [7, 11) is 0.